The van der Waals surface area contributed by atoms with Crippen LogP contribution in [0.5, 0.6) is 0 Å². The number of aromatic nitrogens is 4. The van der Waals surface area contributed by atoms with Gasteiger partial charge in [0.15, 0.2) is 11.5 Å². The van der Waals surface area contributed by atoms with Gasteiger partial charge in [-0.15, -0.1) is 0 Å². The SMILES string of the molecule is CCOP(=O)(C=CC(CO)CCn1cnc2c(N)ncnc21)OCC. The average molecular weight is 369 g/mol. The Kier molecular flexibility index (Phi) is 7.07. The van der Waals surface area contributed by atoms with Crippen LogP contribution in [0.15, 0.2) is 24.5 Å². The molecule has 0 saturated carbocycles. The van der Waals surface area contributed by atoms with Gasteiger partial charge < -0.3 is 24.5 Å². The molecular weight excluding hydrogens is 345 g/mol. The summed E-state index contributed by atoms with van der Waals surface area (Å²) in [5.41, 5.74) is 6.96. The molecule has 25 heavy (non-hydrogen) atoms. The zero-order chi connectivity index (χ0) is 18.3. The number of anilines is 1. The van der Waals surface area contributed by atoms with Crippen LogP contribution >= 0.6 is 7.60 Å². The van der Waals surface area contributed by atoms with Gasteiger partial charge in [-0.25, -0.2) is 15.0 Å². The van der Waals surface area contributed by atoms with Crippen molar-refractivity contribution in [1.82, 2.24) is 19.5 Å². The summed E-state index contributed by atoms with van der Waals surface area (Å²) >= 11 is 0. The fourth-order valence-electron chi connectivity index (χ4n) is 2.33. The van der Waals surface area contributed by atoms with Gasteiger partial charge in [0.05, 0.1) is 19.5 Å². The first kappa shape index (κ1) is 19.5. The predicted molar refractivity (Wildman–Crippen MR) is 94.9 cm³/mol. The highest BCUT2D eigenvalue weighted by Gasteiger charge is 2.20. The fraction of sp³-hybridized carbons (Fsp3) is 0.533. The Hall–Kier alpha value is -1.80. The molecule has 0 aliphatic carbocycles. The topological polar surface area (TPSA) is 125 Å². The van der Waals surface area contributed by atoms with Crippen molar-refractivity contribution in [2.24, 2.45) is 5.92 Å². The normalized spacial score (nSPS) is 13.7. The van der Waals surface area contributed by atoms with Crippen molar-refractivity contribution < 1.29 is 18.7 Å². The molecule has 2 aromatic rings. The minimum atomic E-state index is -3.26. The van der Waals surface area contributed by atoms with Gasteiger partial charge in [-0.05, 0) is 20.3 Å². The van der Waals surface area contributed by atoms with E-state index in [1.165, 1.54) is 12.1 Å². The average Bonchev–Trinajstić information content (AvgIpc) is 3.00. The summed E-state index contributed by atoms with van der Waals surface area (Å²) < 4.78 is 24.7. The standard InChI is InChI=1S/C15H24N5O4P/c1-3-23-25(22,24-4-2)8-6-12(9-21)5-7-20-11-19-13-14(16)17-10-18-15(13)20/h6,8,10-12,21H,3-5,7,9H2,1-2H3,(H2,16,17,18). The van der Waals surface area contributed by atoms with Gasteiger partial charge in [-0.1, -0.05) is 6.08 Å². The third-order valence-corrected chi connectivity index (χ3v) is 5.34. The summed E-state index contributed by atoms with van der Waals surface area (Å²) in [5.74, 6) is 1.55. The van der Waals surface area contributed by atoms with Crippen LogP contribution in [0.4, 0.5) is 5.82 Å². The number of hydrogen-bond acceptors (Lipinski definition) is 8. The quantitative estimate of drug-likeness (QED) is 0.611. The lowest BCUT2D eigenvalue weighted by Gasteiger charge is -2.15. The van der Waals surface area contributed by atoms with Gasteiger partial charge in [0.25, 0.3) is 0 Å². The molecule has 138 valence electrons. The van der Waals surface area contributed by atoms with Gasteiger partial charge in [0.2, 0.25) is 0 Å². The zero-order valence-corrected chi connectivity index (χ0v) is 15.3. The second-order valence-electron chi connectivity index (χ2n) is 5.32. The third-order valence-electron chi connectivity index (χ3n) is 3.56. The van der Waals surface area contributed by atoms with E-state index in [-0.39, 0.29) is 25.7 Å². The molecule has 0 fully saturated rings. The molecule has 0 spiro atoms. The second-order valence-corrected chi connectivity index (χ2v) is 7.21. The molecule has 0 aliphatic heterocycles. The summed E-state index contributed by atoms with van der Waals surface area (Å²) in [7, 11) is -3.26. The molecule has 1 unspecified atom stereocenters. The Balaban J connectivity index is 2.05. The van der Waals surface area contributed by atoms with E-state index in [4.69, 9.17) is 14.8 Å². The number of rotatable bonds is 10. The van der Waals surface area contributed by atoms with Gasteiger partial charge in [-0.2, -0.15) is 0 Å². The Morgan fingerprint density at radius 2 is 2.04 bits per heavy atom. The van der Waals surface area contributed by atoms with E-state index in [9.17, 15) is 9.67 Å². The fourth-order valence-corrected chi connectivity index (χ4v) is 3.75. The van der Waals surface area contributed by atoms with Crippen molar-refractivity contribution in [3.8, 4) is 0 Å². The van der Waals surface area contributed by atoms with Gasteiger partial charge in [-0.3, -0.25) is 4.57 Å². The molecule has 3 N–H and O–H groups in total. The van der Waals surface area contributed by atoms with E-state index >= 15 is 0 Å². The van der Waals surface area contributed by atoms with Gasteiger partial charge in [0, 0.05) is 24.9 Å². The molecule has 0 radical (unpaired) electrons. The first-order valence-corrected chi connectivity index (χ1v) is 9.74. The summed E-state index contributed by atoms with van der Waals surface area (Å²) in [4.78, 5) is 12.3. The van der Waals surface area contributed by atoms with E-state index in [1.54, 1.807) is 26.3 Å². The van der Waals surface area contributed by atoms with Crippen LogP contribution in [0.1, 0.15) is 20.3 Å². The predicted octanol–water partition coefficient (Wildman–Crippen LogP) is 2.19. The largest absolute Gasteiger partial charge is 0.396 e. The number of imidazole rings is 1. The van der Waals surface area contributed by atoms with Gasteiger partial charge >= 0.3 is 7.60 Å². The highest BCUT2D eigenvalue weighted by Crippen LogP contribution is 2.49. The van der Waals surface area contributed by atoms with Crippen LogP contribution in [0.25, 0.3) is 11.2 Å². The molecule has 0 bridgehead atoms. The molecule has 2 heterocycles. The minimum Gasteiger partial charge on any atom is -0.396 e. The van der Waals surface area contributed by atoms with E-state index in [1.807, 2.05) is 4.57 Å². The van der Waals surface area contributed by atoms with Crippen LogP contribution in [-0.4, -0.2) is 44.4 Å². The van der Waals surface area contributed by atoms with Crippen LogP contribution in [0, 0.1) is 5.92 Å². The maximum atomic E-state index is 12.4. The molecule has 0 amide bonds. The highest BCUT2D eigenvalue weighted by atomic mass is 31.2. The molecule has 1 atom stereocenters. The monoisotopic (exact) mass is 369 g/mol. The summed E-state index contributed by atoms with van der Waals surface area (Å²) in [6, 6.07) is 0. The first-order valence-electron chi connectivity index (χ1n) is 8.13. The maximum Gasteiger partial charge on any atom is 0.353 e. The lowest BCUT2D eigenvalue weighted by Crippen LogP contribution is -2.08. The number of hydrogen-bond donors (Lipinski definition) is 2. The number of nitrogen functional groups attached to an aromatic ring is 1. The lowest BCUT2D eigenvalue weighted by molar-refractivity contribution is 0.227. The smallest absolute Gasteiger partial charge is 0.353 e. The lowest BCUT2D eigenvalue weighted by atomic mass is 10.1. The van der Waals surface area contributed by atoms with Crippen LogP contribution in [0.2, 0.25) is 0 Å². The second kappa shape index (κ2) is 9.05. The zero-order valence-electron chi connectivity index (χ0n) is 14.4. The molecular formula is C15H24N5O4P. The van der Waals surface area contributed by atoms with Crippen molar-refractivity contribution >= 4 is 24.6 Å². The molecule has 0 aromatic carbocycles. The summed E-state index contributed by atoms with van der Waals surface area (Å²) in [6.45, 7) is 4.55. The van der Waals surface area contributed by atoms with E-state index in [0.29, 0.717) is 29.9 Å². The molecule has 2 aromatic heterocycles. The van der Waals surface area contributed by atoms with Crippen LogP contribution in [-0.2, 0) is 20.2 Å². The number of fused-ring (bicyclic) bond motifs is 1. The Bertz CT molecular complexity index is 753. The van der Waals surface area contributed by atoms with Crippen molar-refractivity contribution in [2.45, 2.75) is 26.8 Å². The third kappa shape index (κ3) is 5.09. The van der Waals surface area contributed by atoms with Gasteiger partial charge in [0.1, 0.15) is 11.8 Å². The molecule has 0 saturated heterocycles. The highest BCUT2D eigenvalue weighted by molar-refractivity contribution is 7.57. The first-order chi connectivity index (χ1) is 12.0. The Labute approximate surface area is 146 Å². The number of aryl methyl sites for hydroxylation is 1. The van der Waals surface area contributed by atoms with E-state index < -0.39 is 7.60 Å². The van der Waals surface area contributed by atoms with Crippen molar-refractivity contribution in [2.75, 3.05) is 25.6 Å². The molecule has 2 rings (SSSR count). The van der Waals surface area contributed by atoms with Crippen molar-refractivity contribution in [3.63, 3.8) is 0 Å². The summed E-state index contributed by atoms with van der Waals surface area (Å²) in [6.07, 6.45) is 5.30. The maximum absolute atomic E-state index is 12.4. The molecule has 9 nitrogen and oxygen atoms in total. The van der Waals surface area contributed by atoms with Crippen molar-refractivity contribution in [1.29, 1.82) is 0 Å². The van der Waals surface area contributed by atoms with E-state index in [0.717, 1.165) is 0 Å². The number of aliphatic hydroxyl groups is 1. The van der Waals surface area contributed by atoms with Crippen molar-refractivity contribution in [3.05, 3.63) is 24.5 Å². The minimum absolute atomic E-state index is 0.0848. The molecule has 0 aliphatic rings. The Morgan fingerprint density at radius 3 is 2.68 bits per heavy atom. The van der Waals surface area contributed by atoms with Crippen LogP contribution < -0.4 is 5.73 Å². The number of nitrogens with two attached hydrogens (primary N) is 1. The van der Waals surface area contributed by atoms with Crippen LogP contribution in [0.3, 0.4) is 0 Å². The molecule has 10 heteroatoms. The summed E-state index contributed by atoms with van der Waals surface area (Å²) in [5, 5.41) is 9.58. The number of aliphatic hydroxyl groups excluding tert-OH is 1. The van der Waals surface area contributed by atoms with E-state index in [2.05, 4.69) is 15.0 Å². The Morgan fingerprint density at radius 1 is 1.32 bits per heavy atom. The number of nitrogens with zero attached hydrogens (tertiary/aromatic N) is 4.